The number of ether oxygens (including phenoxy) is 1. The molecule has 0 saturated heterocycles. The zero-order valence-electron chi connectivity index (χ0n) is 16.6. The molecule has 29 heavy (non-hydrogen) atoms. The summed E-state index contributed by atoms with van der Waals surface area (Å²) in [6, 6.07) is 12.2. The maximum atomic E-state index is 12.7. The highest BCUT2D eigenvalue weighted by Crippen LogP contribution is 2.23. The molecule has 0 atom stereocenters. The number of halogens is 1. The molecule has 0 bridgehead atoms. The van der Waals surface area contributed by atoms with E-state index in [0.717, 1.165) is 17.3 Å². The van der Waals surface area contributed by atoms with E-state index in [1.165, 1.54) is 4.90 Å². The fourth-order valence-electron chi connectivity index (χ4n) is 2.45. The summed E-state index contributed by atoms with van der Waals surface area (Å²) in [4.78, 5) is 26.3. The van der Waals surface area contributed by atoms with E-state index in [4.69, 9.17) is 17.0 Å². The molecule has 2 aromatic carbocycles. The van der Waals surface area contributed by atoms with Gasteiger partial charge in [-0.25, -0.2) is 0 Å². The maximum absolute atomic E-state index is 12.7. The molecule has 0 aliphatic rings. The van der Waals surface area contributed by atoms with E-state index in [2.05, 4.69) is 33.5 Å². The Bertz CT molecular complexity index is 902. The number of unbranched alkanes of at least 4 members (excludes halogenated alkanes) is 1. The van der Waals surface area contributed by atoms with E-state index in [1.54, 1.807) is 50.5 Å². The van der Waals surface area contributed by atoms with E-state index in [0.29, 0.717) is 29.2 Å². The number of carbonyl (C=O) groups is 2. The summed E-state index contributed by atoms with van der Waals surface area (Å²) in [5.41, 5.74) is 1.51. The number of hydrogen-bond donors (Lipinski definition) is 2. The Morgan fingerprint density at radius 3 is 2.62 bits per heavy atom. The number of anilines is 1. The standard InChI is InChI=1S/C21H24BrN3O3S/c1-4-5-11-28-18-10-9-15(22)13-17(18)19(26)24-21(29)23-16-8-6-7-14(12-16)20(27)25(2)3/h6-10,12-13H,4-5,11H2,1-3H3,(H2,23,24,26,29). The molecule has 2 aromatic rings. The van der Waals surface area contributed by atoms with Crippen molar-refractivity contribution in [2.75, 3.05) is 26.0 Å². The minimum atomic E-state index is -0.379. The summed E-state index contributed by atoms with van der Waals surface area (Å²) in [6.07, 6.45) is 1.90. The summed E-state index contributed by atoms with van der Waals surface area (Å²) in [5, 5.41) is 5.73. The van der Waals surface area contributed by atoms with Crippen molar-refractivity contribution in [3.63, 3.8) is 0 Å². The Balaban J connectivity index is 2.08. The third kappa shape index (κ3) is 6.83. The molecule has 154 valence electrons. The highest BCUT2D eigenvalue weighted by Gasteiger charge is 2.15. The molecule has 8 heteroatoms. The van der Waals surface area contributed by atoms with Gasteiger partial charge in [0.15, 0.2) is 5.11 Å². The quantitative estimate of drug-likeness (QED) is 0.455. The van der Waals surface area contributed by atoms with Crippen molar-refractivity contribution < 1.29 is 14.3 Å². The van der Waals surface area contributed by atoms with Crippen LogP contribution in [0, 0.1) is 0 Å². The van der Waals surface area contributed by atoms with E-state index >= 15 is 0 Å². The smallest absolute Gasteiger partial charge is 0.261 e. The molecule has 2 N–H and O–H groups in total. The first-order valence-corrected chi connectivity index (χ1v) is 10.4. The topological polar surface area (TPSA) is 70.7 Å². The molecule has 0 radical (unpaired) electrons. The van der Waals surface area contributed by atoms with Gasteiger partial charge in [0, 0.05) is 29.8 Å². The molecule has 0 aromatic heterocycles. The first kappa shape index (κ1) is 22.8. The number of benzene rings is 2. The van der Waals surface area contributed by atoms with E-state index in [-0.39, 0.29) is 16.9 Å². The molecule has 2 rings (SSSR count). The Kier molecular flexibility index (Phi) is 8.60. The molecule has 0 unspecified atom stereocenters. The van der Waals surface area contributed by atoms with E-state index in [9.17, 15) is 9.59 Å². The van der Waals surface area contributed by atoms with Crippen molar-refractivity contribution in [1.29, 1.82) is 0 Å². The van der Waals surface area contributed by atoms with Crippen molar-refractivity contribution in [2.24, 2.45) is 0 Å². The average molecular weight is 478 g/mol. The van der Waals surface area contributed by atoms with Gasteiger partial charge < -0.3 is 15.0 Å². The SMILES string of the molecule is CCCCOc1ccc(Br)cc1C(=O)NC(=S)Nc1cccc(C(=O)N(C)C)c1. The van der Waals surface area contributed by atoms with Crippen LogP contribution in [0.15, 0.2) is 46.9 Å². The lowest BCUT2D eigenvalue weighted by Gasteiger charge is -2.14. The second kappa shape index (κ2) is 10.9. The summed E-state index contributed by atoms with van der Waals surface area (Å²) >= 11 is 8.64. The van der Waals surface area contributed by atoms with Crippen molar-refractivity contribution in [3.8, 4) is 5.75 Å². The minimum Gasteiger partial charge on any atom is -0.493 e. The molecule has 0 heterocycles. The number of amides is 2. The Hall–Kier alpha value is -2.45. The van der Waals surface area contributed by atoms with E-state index in [1.807, 2.05) is 6.07 Å². The first-order chi connectivity index (χ1) is 13.8. The van der Waals surface area contributed by atoms with Crippen LogP contribution >= 0.6 is 28.1 Å². The molecular formula is C21H24BrN3O3S. The van der Waals surface area contributed by atoms with Crippen LogP contribution in [0.5, 0.6) is 5.75 Å². The lowest BCUT2D eigenvalue weighted by Crippen LogP contribution is -2.34. The van der Waals surface area contributed by atoms with Crippen molar-refractivity contribution in [1.82, 2.24) is 10.2 Å². The monoisotopic (exact) mass is 477 g/mol. The van der Waals surface area contributed by atoms with Gasteiger partial charge in [-0.1, -0.05) is 35.3 Å². The average Bonchev–Trinajstić information content (AvgIpc) is 2.68. The minimum absolute atomic E-state index is 0.119. The fourth-order valence-corrected chi connectivity index (χ4v) is 3.02. The zero-order chi connectivity index (χ0) is 21.4. The second-order valence-corrected chi connectivity index (χ2v) is 7.86. The number of rotatable bonds is 7. The molecule has 2 amide bonds. The zero-order valence-corrected chi connectivity index (χ0v) is 19.0. The van der Waals surface area contributed by atoms with Crippen molar-refractivity contribution in [3.05, 3.63) is 58.1 Å². The summed E-state index contributed by atoms with van der Waals surface area (Å²) in [5.74, 6) is 0.00274. The number of nitrogens with zero attached hydrogens (tertiary/aromatic N) is 1. The van der Waals surface area contributed by atoms with Crippen LogP contribution in [0.2, 0.25) is 0 Å². The van der Waals surface area contributed by atoms with Crippen LogP contribution in [0.1, 0.15) is 40.5 Å². The van der Waals surface area contributed by atoms with Crippen LogP contribution in [0.4, 0.5) is 5.69 Å². The maximum Gasteiger partial charge on any atom is 0.261 e. The van der Waals surface area contributed by atoms with Gasteiger partial charge in [0.25, 0.3) is 11.8 Å². The van der Waals surface area contributed by atoms with Gasteiger partial charge >= 0.3 is 0 Å². The van der Waals surface area contributed by atoms with Crippen molar-refractivity contribution >= 4 is 50.8 Å². The predicted molar refractivity (Wildman–Crippen MR) is 123 cm³/mol. The Labute approximate surface area is 184 Å². The van der Waals surface area contributed by atoms with Crippen LogP contribution < -0.4 is 15.4 Å². The predicted octanol–water partition coefficient (Wildman–Crippen LogP) is 4.46. The fraction of sp³-hybridized carbons (Fsp3) is 0.286. The van der Waals surface area contributed by atoms with Crippen LogP contribution in [0.3, 0.4) is 0 Å². The highest BCUT2D eigenvalue weighted by molar-refractivity contribution is 9.10. The van der Waals surface area contributed by atoms with Gasteiger partial charge in [-0.2, -0.15) is 0 Å². The summed E-state index contributed by atoms with van der Waals surface area (Å²) in [6.45, 7) is 2.61. The Morgan fingerprint density at radius 1 is 1.17 bits per heavy atom. The van der Waals surface area contributed by atoms with Crippen LogP contribution in [-0.4, -0.2) is 42.5 Å². The number of nitrogens with one attached hydrogen (secondary N) is 2. The molecule has 0 aliphatic heterocycles. The number of hydrogen-bond acceptors (Lipinski definition) is 4. The lowest BCUT2D eigenvalue weighted by molar-refractivity contribution is 0.0827. The summed E-state index contributed by atoms with van der Waals surface area (Å²) in [7, 11) is 3.37. The largest absolute Gasteiger partial charge is 0.493 e. The van der Waals surface area contributed by atoms with Crippen LogP contribution in [0.25, 0.3) is 0 Å². The lowest BCUT2D eigenvalue weighted by atomic mass is 10.2. The molecule has 0 spiro atoms. The molecule has 0 saturated carbocycles. The van der Waals surface area contributed by atoms with Gasteiger partial charge in [-0.15, -0.1) is 0 Å². The third-order valence-electron chi connectivity index (χ3n) is 3.94. The van der Waals surface area contributed by atoms with Gasteiger partial charge in [-0.05, 0) is 55.0 Å². The number of thiocarbonyl (C=S) groups is 1. The van der Waals surface area contributed by atoms with Crippen molar-refractivity contribution in [2.45, 2.75) is 19.8 Å². The highest BCUT2D eigenvalue weighted by atomic mass is 79.9. The molecule has 6 nitrogen and oxygen atoms in total. The van der Waals surface area contributed by atoms with Gasteiger partial charge in [-0.3, -0.25) is 14.9 Å². The van der Waals surface area contributed by atoms with Gasteiger partial charge in [0.05, 0.1) is 12.2 Å². The number of carbonyl (C=O) groups excluding carboxylic acids is 2. The van der Waals surface area contributed by atoms with Gasteiger partial charge in [0.1, 0.15) is 5.75 Å². The third-order valence-corrected chi connectivity index (χ3v) is 4.64. The normalized spacial score (nSPS) is 10.2. The van der Waals surface area contributed by atoms with E-state index < -0.39 is 0 Å². The molecular weight excluding hydrogens is 454 g/mol. The second-order valence-electron chi connectivity index (χ2n) is 6.53. The first-order valence-electron chi connectivity index (χ1n) is 9.18. The van der Waals surface area contributed by atoms with Crippen LogP contribution in [-0.2, 0) is 0 Å². The Morgan fingerprint density at radius 2 is 1.93 bits per heavy atom. The summed E-state index contributed by atoms with van der Waals surface area (Å²) < 4.78 is 6.49. The van der Waals surface area contributed by atoms with Gasteiger partial charge in [0.2, 0.25) is 0 Å². The molecule has 0 fully saturated rings. The molecule has 0 aliphatic carbocycles.